The van der Waals surface area contributed by atoms with Crippen molar-refractivity contribution in [2.75, 3.05) is 19.6 Å². The molecule has 0 aromatic carbocycles. The van der Waals surface area contributed by atoms with Crippen molar-refractivity contribution in [2.24, 2.45) is 0 Å². The molecular weight excluding hydrogens is 222 g/mol. The van der Waals surface area contributed by atoms with Gasteiger partial charge in [-0.1, -0.05) is 38.0 Å². The summed E-state index contributed by atoms with van der Waals surface area (Å²) in [5.74, 6) is 2.51. The van der Waals surface area contributed by atoms with E-state index in [0.29, 0.717) is 19.6 Å². The molecule has 1 fully saturated rings. The maximum Gasteiger partial charge on any atom is 0.108 e. The fraction of sp³-hybridized carbons (Fsp3) is 0.200. The average Bonchev–Trinajstić information content (AvgIpc) is 2.35. The Bertz CT molecular complexity index is 326. The molecule has 1 aliphatic rings. The molecule has 1 heterocycles. The van der Waals surface area contributed by atoms with Gasteiger partial charge < -0.3 is 14.7 Å². The van der Waals surface area contributed by atoms with Crippen molar-refractivity contribution in [2.45, 2.75) is 0 Å². The minimum atomic E-state index is 0.659. The molecule has 96 valence electrons. The van der Waals surface area contributed by atoms with Gasteiger partial charge >= 0.3 is 0 Å². The average molecular weight is 243 g/mol. The molecule has 0 bridgehead atoms. The molecule has 0 aromatic heterocycles. The number of hydrogen-bond donors (Lipinski definition) is 0. The second-order valence-corrected chi connectivity index (χ2v) is 3.95. The van der Waals surface area contributed by atoms with E-state index >= 15 is 0 Å². The summed E-state index contributed by atoms with van der Waals surface area (Å²) in [6, 6.07) is 0. The first-order chi connectivity index (χ1) is 8.58. The fourth-order valence-corrected chi connectivity index (χ4v) is 1.90. The van der Waals surface area contributed by atoms with E-state index in [1.54, 1.807) is 0 Å². The predicted octanol–water partition coefficient (Wildman–Crippen LogP) is 2.88. The first-order valence-electron chi connectivity index (χ1n) is 5.80. The van der Waals surface area contributed by atoms with Gasteiger partial charge in [-0.15, -0.1) is 19.7 Å². The topological polar surface area (TPSA) is 9.72 Å². The van der Waals surface area contributed by atoms with Crippen LogP contribution in [0.5, 0.6) is 0 Å². The molecule has 1 saturated heterocycles. The molecule has 1 rings (SSSR count). The SMILES string of the molecule is C=CCN1C(=C)N(CC=C)C(=C)N(CC=C)C1=C. The Morgan fingerprint density at radius 2 is 0.833 bits per heavy atom. The second kappa shape index (κ2) is 5.96. The van der Waals surface area contributed by atoms with E-state index < -0.39 is 0 Å². The van der Waals surface area contributed by atoms with Gasteiger partial charge in [0.1, 0.15) is 17.5 Å². The number of hydrogen-bond acceptors (Lipinski definition) is 3. The molecule has 0 aliphatic carbocycles. The third kappa shape index (κ3) is 2.40. The summed E-state index contributed by atoms with van der Waals surface area (Å²) in [5, 5.41) is 0. The lowest BCUT2D eigenvalue weighted by molar-refractivity contribution is 0.156. The van der Waals surface area contributed by atoms with Crippen molar-refractivity contribution in [1.29, 1.82) is 0 Å². The Labute approximate surface area is 110 Å². The maximum atomic E-state index is 4.09. The van der Waals surface area contributed by atoms with Crippen LogP contribution in [0.4, 0.5) is 0 Å². The predicted molar refractivity (Wildman–Crippen MR) is 78.1 cm³/mol. The first-order valence-corrected chi connectivity index (χ1v) is 5.80. The van der Waals surface area contributed by atoms with Crippen LogP contribution in [0.15, 0.2) is 75.2 Å². The van der Waals surface area contributed by atoms with Crippen LogP contribution >= 0.6 is 0 Å². The van der Waals surface area contributed by atoms with Gasteiger partial charge in [-0.05, 0) is 0 Å². The Morgan fingerprint density at radius 3 is 1.00 bits per heavy atom. The Hall–Kier alpha value is -2.16. The normalized spacial score (nSPS) is 16.0. The monoisotopic (exact) mass is 243 g/mol. The molecule has 0 saturated carbocycles. The zero-order valence-electron chi connectivity index (χ0n) is 10.9. The standard InChI is InChI=1S/C15H21N3/c1-7-10-16-13(4)17(11-8-2)15(6)18(12-9-3)14(16)5/h7-9H,1-6,10-12H2. The molecule has 0 spiro atoms. The first kappa shape index (κ1) is 13.9. The van der Waals surface area contributed by atoms with Crippen LogP contribution < -0.4 is 0 Å². The lowest BCUT2D eigenvalue weighted by Gasteiger charge is -2.48. The molecular formula is C15H21N3. The van der Waals surface area contributed by atoms with Crippen LogP contribution in [0.25, 0.3) is 0 Å². The Morgan fingerprint density at radius 1 is 0.611 bits per heavy atom. The summed E-state index contributed by atoms with van der Waals surface area (Å²) in [4.78, 5) is 5.98. The van der Waals surface area contributed by atoms with E-state index in [2.05, 4.69) is 39.5 Å². The van der Waals surface area contributed by atoms with E-state index in [4.69, 9.17) is 0 Å². The van der Waals surface area contributed by atoms with Crippen LogP contribution in [0.1, 0.15) is 0 Å². The Balaban J connectivity index is 3.08. The van der Waals surface area contributed by atoms with Gasteiger partial charge in [0.15, 0.2) is 0 Å². The van der Waals surface area contributed by atoms with Crippen LogP contribution in [-0.4, -0.2) is 34.3 Å². The van der Waals surface area contributed by atoms with Gasteiger partial charge in [0, 0.05) is 19.6 Å². The molecule has 0 aromatic rings. The van der Waals surface area contributed by atoms with E-state index in [-0.39, 0.29) is 0 Å². The van der Waals surface area contributed by atoms with Crippen molar-refractivity contribution in [3.8, 4) is 0 Å². The fourth-order valence-electron chi connectivity index (χ4n) is 1.90. The number of nitrogens with zero attached hydrogens (tertiary/aromatic N) is 3. The van der Waals surface area contributed by atoms with Crippen molar-refractivity contribution < 1.29 is 0 Å². The molecule has 0 atom stereocenters. The zero-order valence-corrected chi connectivity index (χ0v) is 10.9. The smallest absolute Gasteiger partial charge is 0.108 e. The largest absolute Gasteiger partial charge is 0.311 e. The number of rotatable bonds is 6. The third-order valence-electron chi connectivity index (χ3n) is 2.80. The zero-order chi connectivity index (χ0) is 13.7. The summed E-state index contributed by atoms with van der Waals surface area (Å²) >= 11 is 0. The van der Waals surface area contributed by atoms with Crippen LogP contribution in [0, 0.1) is 0 Å². The summed E-state index contributed by atoms with van der Waals surface area (Å²) < 4.78 is 0. The highest BCUT2D eigenvalue weighted by Crippen LogP contribution is 2.30. The van der Waals surface area contributed by atoms with Crippen molar-refractivity contribution in [3.63, 3.8) is 0 Å². The summed E-state index contributed by atoms with van der Waals surface area (Å²) in [5.41, 5.74) is 0. The van der Waals surface area contributed by atoms with Gasteiger partial charge in [0.25, 0.3) is 0 Å². The summed E-state index contributed by atoms with van der Waals surface area (Å²) in [6.45, 7) is 25.5. The van der Waals surface area contributed by atoms with E-state index in [1.807, 2.05) is 32.9 Å². The minimum absolute atomic E-state index is 0.659. The van der Waals surface area contributed by atoms with Gasteiger partial charge in [0.2, 0.25) is 0 Å². The highest BCUT2D eigenvalue weighted by atomic mass is 15.5. The van der Waals surface area contributed by atoms with Gasteiger partial charge in [0.05, 0.1) is 0 Å². The molecule has 1 aliphatic heterocycles. The van der Waals surface area contributed by atoms with Crippen molar-refractivity contribution >= 4 is 0 Å². The van der Waals surface area contributed by atoms with Crippen LogP contribution in [-0.2, 0) is 0 Å². The van der Waals surface area contributed by atoms with Gasteiger partial charge in [-0.25, -0.2) is 0 Å². The quantitative estimate of drug-likeness (QED) is 0.664. The molecule has 18 heavy (non-hydrogen) atoms. The van der Waals surface area contributed by atoms with Crippen LogP contribution in [0.3, 0.4) is 0 Å². The van der Waals surface area contributed by atoms with E-state index in [9.17, 15) is 0 Å². The third-order valence-corrected chi connectivity index (χ3v) is 2.80. The highest BCUT2D eigenvalue weighted by Gasteiger charge is 2.30. The van der Waals surface area contributed by atoms with E-state index in [0.717, 1.165) is 17.5 Å². The molecule has 0 N–H and O–H groups in total. The lowest BCUT2D eigenvalue weighted by Crippen LogP contribution is -2.48. The molecule has 0 unspecified atom stereocenters. The van der Waals surface area contributed by atoms with E-state index in [1.165, 1.54) is 0 Å². The maximum absolute atomic E-state index is 4.09. The Kier molecular flexibility index (Phi) is 4.60. The van der Waals surface area contributed by atoms with Crippen molar-refractivity contribution in [3.05, 3.63) is 75.2 Å². The highest BCUT2D eigenvalue weighted by molar-refractivity contribution is 5.23. The molecule has 0 radical (unpaired) electrons. The summed E-state index contributed by atoms with van der Waals surface area (Å²) in [7, 11) is 0. The summed E-state index contributed by atoms with van der Waals surface area (Å²) in [6.07, 6.45) is 5.47. The lowest BCUT2D eigenvalue weighted by atomic mass is 10.3. The van der Waals surface area contributed by atoms with Gasteiger partial charge in [-0.3, -0.25) is 0 Å². The molecule has 0 amide bonds. The minimum Gasteiger partial charge on any atom is -0.311 e. The second-order valence-electron chi connectivity index (χ2n) is 3.95. The van der Waals surface area contributed by atoms with Gasteiger partial charge in [-0.2, -0.15) is 0 Å². The molecule has 3 nitrogen and oxygen atoms in total. The van der Waals surface area contributed by atoms with Crippen molar-refractivity contribution in [1.82, 2.24) is 14.7 Å². The van der Waals surface area contributed by atoms with Crippen LogP contribution in [0.2, 0.25) is 0 Å². The molecule has 3 heteroatoms.